The molecule has 0 aliphatic heterocycles. The Morgan fingerprint density at radius 3 is 1.21 bits per heavy atom. The number of nitrogens with two attached hydrogens (primary N) is 6. The Labute approximate surface area is 305 Å². The van der Waals surface area contributed by atoms with Crippen LogP contribution in [0.25, 0.3) is 0 Å². The number of phenolic OH excluding ortho intramolecular Hbond substituents is 1. The number of amides is 1. The highest BCUT2D eigenvalue weighted by atomic mass is 16.4. The van der Waals surface area contributed by atoms with Crippen molar-refractivity contribution in [3.05, 3.63) is 65.7 Å². The lowest BCUT2D eigenvalue weighted by molar-refractivity contribution is -0.141. The zero-order valence-corrected chi connectivity index (χ0v) is 29.4. The van der Waals surface area contributed by atoms with Gasteiger partial charge in [0, 0.05) is 6.42 Å². The van der Waals surface area contributed by atoms with Gasteiger partial charge in [-0.2, -0.15) is 0 Å². The zero-order chi connectivity index (χ0) is 41.8. The Morgan fingerprint density at radius 2 is 0.925 bits per heavy atom. The monoisotopic (exact) mass is 756 g/mol. The van der Waals surface area contributed by atoms with Crippen LogP contribution in [-0.4, -0.2) is 108 Å². The number of carboxylic acids is 6. The van der Waals surface area contributed by atoms with Crippen LogP contribution in [-0.2, 0) is 46.4 Å². The second-order valence-corrected chi connectivity index (χ2v) is 11.5. The number of carboxylic acid groups (broad SMARTS) is 6. The molecule has 5 atom stereocenters. The molecule has 0 bridgehead atoms. The van der Waals surface area contributed by atoms with E-state index in [4.69, 9.17) is 64.4 Å². The molecule has 20 heteroatoms. The molecule has 2 aromatic carbocycles. The topological polar surface area (TPSA) is 417 Å². The van der Waals surface area contributed by atoms with Crippen molar-refractivity contribution in [2.45, 2.75) is 82.6 Å². The largest absolute Gasteiger partial charge is 0.508 e. The van der Waals surface area contributed by atoms with Crippen molar-refractivity contribution in [1.29, 1.82) is 0 Å². The molecule has 0 fully saturated rings. The summed E-state index contributed by atoms with van der Waals surface area (Å²) < 4.78 is 0. The third-order valence-corrected chi connectivity index (χ3v) is 6.09. The Hall–Kier alpha value is -5.67. The summed E-state index contributed by atoms with van der Waals surface area (Å²) in [4.78, 5) is 70.7. The minimum absolute atomic E-state index is 0.0231. The van der Waals surface area contributed by atoms with Gasteiger partial charge in [0.2, 0.25) is 5.91 Å². The smallest absolute Gasteiger partial charge is 0.321 e. The number of rotatable bonds is 16. The summed E-state index contributed by atoms with van der Waals surface area (Å²) in [5, 5.41) is 58.7. The van der Waals surface area contributed by atoms with Gasteiger partial charge in [-0.3, -0.25) is 33.6 Å². The van der Waals surface area contributed by atoms with Crippen LogP contribution in [0.3, 0.4) is 0 Å². The van der Waals surface area contributed by atoms with Crippen molar-refractivity contribution in [3.8, 4) is 5.75 Å². The highest BCUT2D eigenvalue weighted by Gasteiger charge is 2.15. The number of aromatic hydroxyl groups is 1. The molecule has 298 valence electrons. The Balaban J connectivity index is -0.000000595. The van der Waals surface area contributed by atoms with E-state index in [2.05, 4.69) is 5.73 Å². The van der Waals surface area contributed by atoms with Gasteiger partial charge in [-0.05, 0) is 54.9 Å². The maximum Gasteiger partial charge on any atom is 0.321 e. The van der Waals surface area contributed by atoms with Gasteiger partial charge in [0.1, 0.15) is 36.0 Å². The van der Waals surface area contributed by atoms with Crippen molar-refractivity contribution in [3.63, 3.8) is 0 Å². The number of phenols is 1. The maximum absolute atomic E-state index is 10.4. The molecule has 53 heavy (non-hydrogen) atoms. The Bertz CT molecular complexity index is 1410. The lowest BCUT2D eigenvalue weighted by Gasteiger charge is -2.07. The summed E-state index contributed by atoms with van der Waals surface area (Å²) in [6.45, 7) is 3.89. The molecule has 1 amide bonds. The summed E-state index contributed by atoms with van der Waals surface area (Å²) >= 11 is 0. The Morgan fingerprint density at radius 1 is 0.547 bits per heavy atom. The van der Waals surface area contributed by atoms with Crippen LogP contribution >= 0.6 is 0 Å². The van der Waals surface area contributed by atoms with Gasteiger partial charge in [-0.1, -0.05) is 56.3 Å². The van der Waals surface area contributed by atoms with Gasteiger partial charge in [-0.25, -0.2) is 0 Å². The normalized spacial score (nSPS) is 12.7. The van der Waals surface area contributed by atoms with E-state index in [1.807, 2.05) is 44.2 Å². The minimum Gasteiger partial charge on any atom is -0.508 e. The summed E-state index contributed by atoms with van der Waals surface area (Å²) in [5.41, 5.74) is 32.2. The molecule has 0 spiro atoms. The molecule has 5 unspecified atom stereocenters. The first-order valence-corrected chi connectivity index (χ1v) is 15.6. The summed E-state index contributed by atoms with van der Waals surface area (Å²) in [6, 6.07) is 11.1. The summed E-state index contributed by atoms with van der Waals surface area (Å²) in [6.07, 6.45) is 0.675. The molecule has 0 aliphatic rings. The zero-order valence-electron chi connectivity index (χ0n) is 29.4. The third kappa shape index (κ3) is 32.0. The second-order valence-electron chi connectivity index (χ2n) is 11.5. The minimum atomic E-state index is -1.21. The molecular formula is C33H52N6O14. The highest BCUT2D eigenvalue weighted by Crippen LogP contribution is 2.10. The SMILES string of the molecule is CC(C)CC(N)C(=O)O.NC(=O)CC(N)C(=O)O.NC(CCC(=O)O)C(=O)O.NC(Cc1ccc(O)cc1)C(=O)O.NC(Cc1ccccc1)C(=O)O. The van der Waals surface area contributed by atoms with Crippen LogP contribution in [0.2, 0.25) is 0 Å². The molecule has 0 saturated heterocycles. The fourth-order valence-corrected chi connectivity index (χ4v) is 3.24. The number of hydrogen-bond acceptors (Lipinski definition) is 13. The van der Waals surface area contributed by atoms with Crippen molar-refractivity contribution in [2.24, 2.45) is 40.3 Å². The summed E-state index contributed by atoms with van der Waals surface area (Å²) in [7, 11) is 0. The number of carbonyl (C=O) groups excluding carboxylic acids is 1. The summed E-state index contributed by atoms with van der Waals surface area (Å²) in [5.74, 6) is -6.49. The third-order valence-electron chi connectivity index (χ3n) is 6.09. The van der Waals surface area contributed by atoms with Gasteiger partial charge in [-0.15, -0.1) is 0 Å². The van der Waals surface area contributed by atoms with Crippen molar-refractivity contribution in [2.75, 3.05) is 0 Å². The van der Waals surface area contributed by atoms with Gasteiger partial charge in [0.25, 0.3) is 0 Å². The van der Waals surface area contributed by atoms with E-state index in [9.17, 15) is 33.6 Å². The van der Waals surface area contributed by atoms with Gasteiger partial charge < -0.3 is 70.1 Å². The van der Waals surface area contributed by atoms with Crippen LogP contribution in [0.4, 0.5) is 0 Å². The first-order chi connectivity index (χ1) is 24.4. The highest BCUT2D eigenvalue weighted by molar-refractivity contribution is 5.83. The predicted octanol–water partition coefficient (Wildman–Crippen LogP) is -1.03. The number of carbonyl (C=O) groups is 7. The molecule has 2 aromatic rings. The fourth-order valence-electron chi connectivity index (χ4n) is 3.24. The van der Waals surface area contributed by atoms with E-state index in [1.165, 1.54) is 12.1 Å². The molecule has 0 aliphatic carbocycles. The van der Waals surface area contributed by atoms with E-state index in [0.717, 1.165) is 11.1 Å². The van der Waals surface area contributed by atoms with Gasteiger partial charge in [0.15, 0.2) is 0 Å². The van der Waals surface area contributed by atoms with Crippen molar-refractivity contribution >= 4 is 41.7 Å². The van der Waals surface area contributed by atoms with Gasteiger partial charge >= 0.3 is 35.8 Å². The molecule has 0 radical (unpaired) electrons. The van der Waals surface area contributed by atoms with Crippen LogP contribution in [0.15, 0.2) is 54.6 Å². The average Bonchev–Trinajstić information content (AvgIpc) is 3.05. The van der Waals surface area contributed by atoms with Crippen molar-refractivity contribution in [1.82, 2.24) is 0 Å². The van der Waals surface area contributed by atoms with Crippen molar-refractivity contribution < 1.29 is 69.3 Å². The van der Waals surface area contributed by atoms with Crippen LogP contribution in [0, 0.1) is 5.92 Å². The molecular weight excluding hydrogens is 704 g/mol. The number of primary amides is 1. The standard InChI is InChI=1S/C9H11NO3.C9H11NO2.C6H13NO2.C5H9NO4.C4H8N2O3/c10-8(9(12)13)5-6-1-3-7(11)4-2-6;10-8(9(11)12)6-7-4-2-1-3-5-7;1-4(2)3-5(7)6(8)9;6-3(5(9)10)1-2-4(7)8;5-2(4(8)9)1-3(6)7/h1-4,8,11H,5,10H2,(H,12,13);1-5,8H,6,10H2,(H,11,12);4-5H,3,7H2,1-2H3,(H,8,9);3H,1-2,6H2,(H,7,8)(H,9,10);2H,1,5H2,(H2,6,7)(H,8,9). The molecule has 19 N–H and O–H groups in total. The van der Waals surface area contributed by atoms with E-state index in [0.29, 0.717) is 18.8 Å². The first kappa shape index (κ1) is 51.7. The average molecular weight is 757 g/mol. The fraction of sp³-hybridized carbons (Fsp3) is 0.424. The molecule has 2 rings (SSSR count). The number of benzene rings is 2. The lowest BCUT2D eigenvalue weighted by Crippen LogP contribution is -2.34. The van der Waals surface area contributed by atoms with E-state index in [1.54, 1.807) is 12.1 Å². The van der Waals surface area contributed by atoms with E-state index >= 15 is 0 Å². The first-order valence-electron chi connectivity index (χ1n) is 15.6. The number of hydrogen-bond donors (Lipinski definition) is 13. The van der Waals surface area contributed by atoms with Crippen LogP contribution in [0.5, 0.6) is 5.75 Å². The predicted molar refractivity (Wildman–Crippen MR) is 190 cm³/mol. The molecule has 0 aromatic heterocycles. The lowest BCUT2D eigenvalue weighted by atomic mass is 10.1. The quantitative estimate of drug-likeness (QED) is 0.0973. The molecule has 0 saturated carbocycles. The van der Waals surface area contributed by atoms with E-state index in [-0.39, 0.29) is 31.4 Å². The molecule has 20 nitrogen and oxygen atoms in total. The Kier molecular flexibility index (Phi) is 28.3. The second kappa shape index (κ2) is 29.0. The van der Waals surface area contributed by atoms with Crippen LogP contribution < -0.4 is 34.4 Å². The number of aliphatic carboxylic acids is 6. The van der Waals surface area contributed by atoms with Crippen LogP contribution in [0.1, 0.15) is 50.7 Å². The van der Waals surface area contributed by atoms with E-state index < -0.39 is 71.9 Å². The van der Waals surface area contributed by atoms with Gasteiger partial charge in [0.05, 0.1) is 6.42 Å². The maximum atomic E-state index is 10.4. The molecule has 0 heterocycles.